The number of nitrogens with one attached hydrogen (secondary N) is 1. The molecule has 4 heterocycles. The van der Waals surface area contributed by atoms with E-state index in [4.69, 9.17) is 16.3 Å². The highest BCUT2D eigenvalue weighted by atomic mass is 35.5. The summed E-state index contributed by atoms with van der Waals surface area (Å²) in [5.41, 5.74) is 1.84. The molecule has 1 N–H and O–H groups in total. The summed E-state index contributed by atoms with van der Waals surface area (Å²) < 4.78 is 5.19. The van der Waals surface area contributed by atoms with Crippen LogP contribution in [-0.4, -0.2) is 57.1 Å². The third kappa shape index (κ3) is 2.87. The number of amides is 1. The Labute approximate surface area is 180 Å². The number of halogens is 1. The molecule has 0 aliphatic carbocycles. The van der Waals surface area contributed by atoms with Crippen molar-refractivity contribution in [2.24, 2.45) is 5.92 Å². The van der Waals surface area contributed by atoms with E-state index in [1.807, 2.05) is 29.2 Å². The first-order valence-electron chi connectivity index (χ1n) is 10.6. The second kappa shape index (κ2) is 7.39. The number of nitrogens with zero attached hydrogens (tertiary/aromatic N) is 3. The summed E-state index contributed by atoms with van der Waals surface area (Å²) in [4.78, 5) is 30.3. The Morgan fingerprint density at radius 1 is 1.43 bits per heavy atom. The van der Waals surface area contributed by atoms with Crippen molar-refractivity contribution in [3.8, 4) is 0 Å². The van der Waals surface area contributed by atoms with Gasteiger partial charge in [-0.1, -0.05) is 23.7 Å². The number of carbonyl (C=O) groups is 2. The molecule has 1 aromatic heterocycles. The summed E-state index contributed by atoms with van der Waals surface area (Å²) in [5, 5.41) is 7.61. The maximum Gasteiger partial charge on any atom is 0.356 e. The lowest BCUT2D eigenvalue weighted by Gasteiger charge is -2.33. The highest BCUT2D eigenvalue weighted by molar-refractivity contribution is 6.30. The predicted octanol–water partition coefficient (Wildman–Crippen LogP) is 3.18. The minimum Gasteiger partial charge on any atom is -0.461 e. The topological polar surface area (TPSA) is 78.5 Å². The van der Waals surface area contributed by atoms with Gasteiger partial charge in [-0.3, -0.25) is 14.8 Å². The number of likely N-dealkylation sites (tertiary alicyclic amines) is 1. The standard InChI is InChI=1S/C22H25ClN4O3/c1-2-30-20(28)19-17(11-24-25-19)18-10-15-13-26(12-14-5-3-6-16(23)9-14)21(29)22(15)7-4-8-27(18)22/h3,5-6,9,11,15,18H,2,4,7-8,10,12-13H2,1H3,(H,24,25)/t15-,18-,22-/m0/s1. The van der Waals surface area contributed by atoms with Crippen molar-refractivity contribution in [1.82, 2.24) is 20.0 Å². The first-order chi connectivity index (χ1) is 14.5. The number of esters is 1. The Kier molecular flexibility index (Phi) is 4.82. The number of ether oxygens (including phenoxy) is 1. The van der Waals surface area contributed by atoms with Crippen LogP contribution in [0.15, 0.2) is 30.5 Å². The molecule has 8 heteroatoms. The molecule has 3 saturated heterocycles. The van der Waals surface area contributed by atoms with E-state index in [0.717, 1.165) is 43.5 Å². The molecule has 1 amide bonds. The van der Waals surface area contributed by atoms with Gasteiger partial charge in [-0.25, -0.2) is 4.79 Å². The SMILES string of the molecule is CCOC(=O)c1[nH]ncc1[C@@H]1C[C@H]2CN(Cc3cccc(Cl)c3)C(=O)[C@]23CCCN13. The second-order valence-electron chi connectivity index (χ2n) is 8.41. The summed E-state index contributed by atoms with van der Waals surface area (Å²) in [7, 11) is 0. The number of H-pyrrole nitrogens is 1. The molecule has 1 aromatic carbocycles. The first kappa shape index (κ1) is 19.6. The van der Waals surface area contributed by atoms with Gasteiger partial charge in [0.25, 0.3) is 0 Å². The second-order valence-corrected chi connectivity index (χ2v) is 8.84. The molecule has 3 fully saturated rings. The maximum absolute atomic E-state index is 13.7. The van der Waals surface area contributed by atoms with E-state index in [1.165, 1.54) is 0 Å². The van der Waals surface area contributed by atoms with Crippen molar-refractivity contribution in [3.63, 3.8) is 0 Å². The van der Waals surface area contributed by atoms with Gasteiger partial charge in [0.1, 0.15) is 11.2 Å². The molecule has 1 spiro atoms. The molecule has 30 heavy (non-hydrogen) atoms. The van der Waals surface area contributed by atoms with Gasteiger partial charge in [0.15, 0.2) is 0 Å². The van der Waals surface area contributed by atoms with Crippen LogP contribution >= 0.6 is 11.6 Å². The number of carbonyl (C=O) groups excluding carboxylic acids is 2. The number of aromatic nitrogens is 2. The van der Waals surface area contributed by atoms with Crippen LogP contribution in [0.1, 0.15) is 53.8 Å². The van der Waals surface area contributed by atoms with Gasteiger partial charge in [-0.2, -0.15) is 5.10 Å². The van der Waals surface area contributed by atoms with Crippen LogP contribution in [-0.2, 0) is 16.1 Å². The quantitative estimate of drug-likeness (QED) is 0.740. The normalized spacial score (nSPS) is 28.1. The van der Waals surface area contributed by atoms with Crippen LogP contribution in [0.25, 0.3) is 0 Å². The number of rotatable bonds is 5. The van der Waals surface area contributed by atoms with E-state index < -0.39 is 5.54 Å². The van der Waals surface area contributed by atoms with E-state index in [-0.39, 0.29) is 23.8 Å². The van der Waals surface area contributed by atoms with Gasteiger partial charge in [0, 0.05) is 35.6 Å². The zero-order valence-corrected chi connectivity index (χ0v) is 17.7. The Balaban J connectivity index is 1.41. The van der Waals surface area contributed by atoms with Crippen LogP contribution in [0.2, 0.25) is 5.02 Å². The van der Waals surface area contributed by atoms with E-state index in [1.54, 1.807) is 13.1 Å². The maximum atomic E-state index is 13.7. The first-order valence-corrected chi connectivity index (χ1v) is 10.9. The number of hydrogen-bond acceptors (Lipinski definition) is 5. The fourth-order valence-electron chi connectivity index (χ4n) is 5.78. The molecule has 2 aromatic rings. The molecule has 7 nitrogen and oxygen atoms in total. The molecule has 5 rings (SSSR count). The van der Waals surface area contributed by atoms with Gasteiger partial charge in [-0.05, 0) is 50.4 Å². The highest BCUT2D eigenvalue weighted by Gasteiger charge is 2.65. The summed E-state index contributed by atoms with van der Waals surface area (Å²) in [6.07, 6.45) is 4.41. The van der Waals surface area contributed by atoms with Gasteiger partial charge in [0.05, 0.1) is 12.8 Å². The van der Waals surface area contributed by atoms with Gasteiger partial charge < -0.3 is 9.64 Å². The van der Waals surface area contributed by atoms with Crippen molar-refractivity contribution in [2.75, 3.05) is 19.7 Å². The van der Waals surface area contributed by atoms with Crippen LogP contribution in [0, 0.1) is 5.92 Å². The average molecular weight is 429 g/mol. The van der Waals surface area contributed by atoms with Crippen molar-refractivity contribution >= 4 is 23.5 Å². The Morgan fingerprint density at radius 2 is 2.30 bits per heavy atom. The van der Waals surface area contributed by atoms with E-state index in [9.17, 15) is 9.59 Å². The van der Waals surface area contributed by atoms with Gasteiger partial charge in [0.2, 0.25) is 5.91 Å². The lowest BCUT2D eigenvalue weighted by molar-refractivity contribution is -0.137. The highest BCUT2D eigenvalue weighted by Crippen LogP contribution is 2.56. The number of aromatic amines is 1. The average Bonchev–Trinajstić information content (AvgIpc) is 3.46. The summed E-state index contributed by atoms with van der Waals surface area (Å²) >= 11 is 6.13. The third-order valence-corrected chi connectivity index (χ3v) is 7.13. The molecule has 158 valence electrons. The molecule has 0 radical (unpaired) electrons. The summed E-state index contributed by atoms with van der Waals surface area (Å²) in [5.74, 6) is 0.0551. The molecule has 3 aliphatic rings. The molecule has 0 bridgehead atoms. The zero-order chi connectivity index (χ0) is 20.9. The smallest absolute Gasteiger partial charge is 0.356 e. The molecule has 3 aliphatic heterocycles. The summed E-state index contributed by atoms with van der Waals surface area (Å²) in [6, 6.07) is 7.71. The summed E-state index contributed by atoms with van der Waals surface area (Å²) in [6.45, 7) is 4.26. The van der Waals surface area contributed by atoms with Crippen molar-refractivity contribution in [1.29, 1.82) is 0 Å². The van der Waals surface area contributed by atoms with E-state index in [0.29, 0.717) is 23.9 Å². The van der Waals surface area contributed by atoms with Crippen LogP contribution in [0.5, 0.6) is 0 Å². The van der Waals surface area contributed by atoms with Crippen molar-refractivity contribution in [3.05, 3.63) is 52.3 Å². The Bertz CT molecular complexity index is 992. The lowest BCUT2D eigenvalue weighted by atomic mass is 9.85. The molecular weight excluding hydrogens is 404 g/mol. The van der Waals surface area contributed by atoms with E-state index in [2.05, 4.69) is 15.1 Å². The minimum absolute atomic E-state index is 0.00734. The number of benzene rings is 1. The zero-order valence-electron chi connectivity index (χ0n) is 16.9. The Morgan fingerprint density at radius 3 is 3.10 bits per heavy atom. The van der Waals surface area contributed by atoms with Crippen molar-refractivity contribution in [2.45, 2.75) is 44.3 Å². The minimum atomic E-state index is -0.466. The third-order valence-electron chi connectivity index (χ3n) is 6.90. The van der Waals surface area contributed by atoms with Gasteiger partial charge in [-0.15, -0.1) is 0 Å². The molecule has 0 saturated carbocycles. The number of hydrogen-bond donors (Lipinski definition) is 1. The largest absolute Gasteiger partial charge is 0.461 e. The van der Waals surface area contributed by atoms with Crippen LogP contribution in [0.3, 0.4) is 0 Å². The van der Waals surface area contributed by atoms with Gasteiger partial charge >= 0.3 is 5.97 Å². The monoisotopic (exact) mass is 428 g/mol. The molecule has 0 unspecified atom stereocenters. The Hall–Kier alpha value is -2.38. The van der Waals surface area contributed by atoms with Crippen LogP contribution in [0.4, 0.5) is 0 Å². The van der Waals surface area contributed by atoms with Crippen LogP contribution < -0.4 is 0 Å². The van der Waals surface area contributed by atoms with E-state index >= 15 is 0 Å². The lowest BCUT2D eigenvalue weighted by Crippen LogP contribution is -2.49. The fraction of sp³-hybridized carbons (Fsp3) is 0.500. The molecular formula is C22H25ClN4O3. The van der Waals surface area contributed by atoms with Crippen molar-refractivity contribution < 1.29 is 14.3 Å². The molecule has 3 atom stereocenters. The fourth-order valence-corrected chi connectivity index (χ4v) is 5.99. The predicted molar refractivity (Wildman–Crippen MR) is 111 cm³/mol.